The molecule has 0 bridgehead atoms. The molecule has 0 radical (unpaired) electrons. The lowest BCUT2D eigenvalue weighted by Crippen LogP contribution is -2.40. The van der Waals surface area contributed by atoms with Crippen molar-refractivity contribution in [3.63, 3.8) is 0 Å². The number of carbonyl (C=O) groups is 1. The lowest BCUT2D eigenvalue weighted by Gasteiger charge is -2.29. The second kappa shape index (κ2) is 8.68. The van der Waals surface area contributed by atoms with Crippen LogP contribution in [0.5, 0.6) is 0 Å². The molecule has 0 heterocycles. The highest BCUT2D eigenvalue weighted by atomic mass is 16.2. The monoisotopic (exact) mass is 286 g/mol. The topological polar surface area (TPSA) is 32.3 Å². The summed E-state index contributed by atoms with van der Waals surface area (Å²) in [6, 6.07) is 8.68. The van der Waals surface area contributed by atoms with Gasteiger partial charge in [0.05, 0.1) is 6.04 Å². The molecule has 114 valence electrons. The maximum Gasteiger partial charge on any atom is 0.224 e. The van der Waals surface area contributed by atoms with E-state index in [9.17, 15) is 4.79 Å². The molecule has 1 atom stereocenters. The van der Waals surface area contributed by atoms with Crippen LogP contribution in [-0.2, 0) is 11.2 Å². The number of amides is 1. The van der Waals surface area contributed by atoms with Crippen LogP contribution in [0.3, 0.4) is 0 Å². The number of hydrogen-bond acceptors (Lipinski definition) is 2. The summed E-state index contributed by atoms with van der Waals surface area (Å²) >= 11 is 0. The number of hydrogen-bond donors (Lipinski definition) is 1. The first-order chi connectivity index (χ1) is 9.99. The lowest BCUT2D eigenvalue weighted by molar-refractivity contribution is -0.131. The molecule has 1 N–H and O–H groups in total. The summed E-state index contributed by atoms with van der Waals surface area (Å²) in [7, 11) is 4.78. The lowest BCUT2D eigenvalue weighted by atomic mass is 9.73. The van der Waals surface area contributed by atoms with Crippen LogP contribution in [0.4, 0.5) is 0 Å². The molecule has 4 heteroatoms. The summed E-state index contributed by atoms with van der Waals surface area (Å²) in [5.41, 5.74) is 3.60. The Balaban J connectivity index is 2.76. The standard InChI is InChI=1S/C17H27BN2O/c1-13(2)16(20(5)17(21)10-11-19-4)12-14-6-8-15(18-3)9-7-14/h6-9,16,18-19H,1,10-12H2,2-5H3. The number of likely N-dealkylation sites (N-methyl/N-ethyl adjacent to an activating group) is 1. The summed E-state index contributed by atoms with van der Waals surface area (Å²) in [6.45, 7) is 8.91. The second-order valence-corrected chi connectivity index (χ2v) is 5.59. The third-order valence-electron chi connectivity index (χ3n) is 3.88. The van der Waals surface area contributed by atoms with Gasteiger partial charge in [-0.25, -0.2) is 0 Å². The molecule has 3 nitrogen and oxygen atoms in total. The Hall–Kier alpha value is -1.55. The molecule has 0 fully saturated rings. The van der Waals surface area contributed by atoms with Gasteiger partial charge in [0.1, 0.15) is 0 Å². The van der Waals surface area contributed by atoms with Gasteiger partial charge in [-0.1, -0.05) is 48.7 Å². The SMILES string of the molecule is C=C(C)C(Cc1ccc(BC)cc1)N(C)C(=O)CCNC. The van der Waals surface area contributed by atoms with E-state index < -0.39 is 0 Å². The Morgan fingerprint density at radius 3 is 2.48 bits per heavy atom. The smallest absolute Gasteiger partial charge is 0.224 e. The first-order valence-electron chi connectivity index (χ1n) is 7.63. The van der Waals surface area contributed by atoms with Crippen LogP contribution in [-0.4, -0.2) is 44.8 Å². The van der Waals surface area contributed by atoms with Crippen molar-refractivity contribution in [1.82, 2.24) is 10.2 Å². The van der Waals surface area contributed by atoms with Gasteiger partial charge in [-0.05, 0) is 26.0 Å². The predicted molar refractivity (Wildman–Crippen MR) is 92.7 cm³/mol. The van der Waals surface area contributed by atoms with Gasteiger partial charge in [0.15, 0.2) is 7.28 Å². The van der Waals surface area contributed by atoms with Crippen LogP contribution in [0, 0.1) is 0 Å². The van der Waals surface area contributed by atoms with Gasteiger partial charge >= 0.3 is 0 Å². The van der Waals surface area contributed by atoms with E-state index >= 15 is 0 Å². The molecule has 0 aliphatic carbocycles. The average Bonchev–Trinajstić information content (AvgIpc) is 2.49. The van der Waals surface area contributed by atoms with Crippen molar-refractivity contribution in [3.05, 3.63) is 42.0 Å². The first-order valence-corrected chi connectivity index (χ1v) is 7.63. The molecule has 0 aliphatic heterocycles. The molecule has 0 saturated carbocycles. The van der Waals surface area contributed by atoms with E-state index in [2.05, 4.69) is 43.0 Å². The van der Waals surface area contributed by atoms with Gasteiger partial charge in [0, 0.05) is 20.0 Å². The fraction of sp³-hybridized carbons (Fsp3) is 0.471. The maximum atomic E-state index is 12.2. The van der Waals surface area contributed by atoms with Crippen LogP contribution in [0.2, 0.25) is 6.82 Å². The predicted octanol–water partition coefficient (Wildman–Crippen LogP) is 1.35. The third kappa shape index (κ3) is 5.39. The zero-order valence-electron chi connectivity index (χ0n) is 13.8. The molecule has 0 aliphatic rings. The first kappa shape index (κ1) is 17.5. The molecule has 1 amide bonds. The van der Waals surface area contributed by atoms with E-state index in [4.69, 9.17) is 0 Å². The Morgan fingerprint density at radius 2 is 2.00 bits per heavy atom. The van der Waals surface area contributed by atoms with Crippen molar-refractivity contribution >= 4 is 18.6 Å². The van der Waals surface area contributed by atoms with Crippen molar-refractivity contribution in [2.45, 2.75) is 32.6 Å². The van der Waals surface area contributed by atoms with Gasteiger partial charge < -0.3 is 10.2 Å². The van der Waals surface area contributed by atoms with Crippen LogP contribution in [0.15, 0.2) is 36.4 Å². The number of nitrogens with zero attached hydrogens (tertiary/aromatic N) is 1. The molecule has 1 unspecified atom stereocenters. The highest BCUT2D eigenvalue weighted by Gasteiger charge is 2.20. The minimum atomic E-state index is 0.0573. The van der Waals surface area contributed by atoms with E-state index in [0.29, 0.717) is 13.0 Å². The molecule has 21 heavy (non-hydrogen) atoms. The van der Waals surface area contributed by atoms with Crippen LogP contribution < -0.4 is 10.8 Å². The van der Waals surface area contributed by atoms with E-state index in [-0.39, 0.29) is 11.9 Å². The summed E-state index contributed by atoms with van der Waals surface area (Å²) in [5, 5.41) is 3.01. The summed E-state index contributed by atoms with van der Waals surface area (Å²) in [6.07, 6.45) is 1.34. The highest BCUT2D eigenvalue weighted by molar-refractivity contribution is 6.51. The van der Waals surface area contributed by atoms with Crippen molar-refractivity contribution in [2.75, 3.05) is 20.6 Å². The number of nitrogens with one attached hydrogen (secondary N) is 1. The molecular weight excluding hydrogens is 259 g/mol. The maximum absolute atomic E-state index is 12.2. The number of benzene rings is 1. The molecule has 1 rings (SSSR count). The Morgan fingerprint density at radius 1 is 1.38 bits per heavy atom. The average molecular weight is 286 g/mol. The van der Waals surface area contributed by atoms with Crippen molar-refractivity contribution in [1.29, 1.82) is 0 Å². The summed E-state index contributed by atoms with van der Waals surface area (Å²) in [4.78, 5) is 14.0. The number of carbonyl (C=O) groups excluding carboxylic acids is 1. The Bertz CT molecular complexity index is 470. The van der Waals surface area contributed by atoms with Gasteiger partial charge in [-0.2, -0.15) is 0 Å². The minimum Gasteiger partial charge on any atom is -0.339 e. The number of rotatable bonds is 8. The fourth-order valence-electron chi connectivity index (χ4n) is 2.36. The van der Waals surface area contributed by atoms with Gasteiger partial charge in [0.2, 0.25) is 5.91 Å². The van der Waals surface area contributed by atoms with Crippen LogP contribution in [0.25, 0.3) is 0 Å². The third-order valence-corrected chi connectivity index (χ3v) is 3.88. The molecule has 1 aromatic rings. The molecule has 0 saturated heterocycles. The van der Waals surface area contributed by atoms with Crippen LogP contribution in [0.1, 0.15) is 18.9 Å². The Labute approximate surface area is 129 Å². The van der Waals surface area contributed by atoms with E-state index in [1.807, 2.05) is 25.9 Å². The summed E-state index contributed by atoms with van der Waals surface area (Å²) < 4.78 is 0. The molecule has 0 spiro atoms. The second-order valence-electron chi connectivity index (χ2n) is 5.59. The van der Waals surface area contributed by atoms with E-state index in [1.165, 1.54) is 11.0 Å². The largest absolute Gasteiger partial charge is 0.339 e. The van der Waals surface area contributed by atoms with E-state index in [1.54, 1.807) is 0 Å². The van der Waals surface area contributed by atoms with Gasteiger partial charge in [-0.15, -0.1) is 0 Å². The minimum absolute atomic E-state index is 0.0573. The van der Waals surface area contributed by atoms with Crippen molar-refractivity contribution in [3.8, 4) is 0 Å². The van der Waals surface area contributed by atoms with Crippen molar-refractivity contribution in [2.24, 2.45) is 0 Å². The highest BCUT2D eigenvalue weighted by Crippen LogP contribution is 2.14. The normalized spacial score (nSPS) is 11.8. The zero-order chi connectivity index (χ0) is 15.8. The van der Waals surface area contributed by atoms with E-state index in [0.717, 1.165) is 19.3 Å². The van der Waals surface area contributed by atoms with Crippen LogP contribution >= 0.6 is 0 Å². The Kier molecular flexibility index (Phi) is 7.23. The van der Waals surface area contributed by atoms with Crippen molar-refractivity contribution < 1.29 is 4.79 Å². The van der Waals surface area contributed by atoms with Gasteiger partial charge in [-0.3, -0.25) is 4.79 Å². The quantitative estimate of drug-likeness (QED) is 0.578. The molecule has 1 aromatic carbocycles. The summed E-state index contributed by atoms with van der Waals surface area (Å²) in [5.74, 6) is 0.155. The fourth-order valence-corrected chi connectivity index (χ4v) is 2.36. The molecule has 0 aromatic heterocycles. The van der Waals surface area contributed by atoms with Gasteiger partial charge in [0.25, 0.3) is 0 Å². The molecular formula is C17H27BN2O. The zero-order valence-corrected chi connectivity index (χ0v) is 13.8.